The molecule has 0 fully saturated rings. The van der Waals surface area contributed by atoms with Crippen LogP contribution in [0.5, 0.6) is 17.4 Å². The Kier molecular flexibility index (Phi) is 6.72. The number of carbonyl (C=O) groups is 1. The van der Waals surface area contributed by atoms with Crippen LogP contribution in [0.3, 0.4) is 0 Å². The summed E-state index contributed by atoms with van der Waals surface area (Å²) in [4.78, 5) is 21.0. The zero-order chi connectivity index (χ0) is 22.2. The maximum absolute atomic E-state index is 12.5. The van der Waals surface area contributed by atoms with Crippen LogP contribution in [0.4, 0.5) is 0 Å². The van der Waals surface area contributed by atoms with Gasteiger partial charge in [0.2, 0.25) is 5.88 Å². The highest BCUT2D eigenvalue weighted by Crippen LogP contribution is 2.25. The van der Waals surface area contributed by atoms with Gasteiger partial charge in [-0.15, -0.1) is 0 Å². The lowest BCUT2D eigenvalue weighted by Gasteiger charge is -2.09. The number of methoxy groups -OCH3 is 1. The van der Waals surface area contributed by atoms with Crippen LogP contribution >= 0.6 is 0 Å². The quantitative estimate of drug-likeness (QED) is 0.434. The Hall–Kier alpha value is -4.19. The molecule has 1 heterocycles. The third kappa shape index (κ3) is 5.49. The van der Waals surface area contributed by atoms with Crippen molar-refractivity contribution < 1.29 is 14.3 Å². The smallest absolute Gasteiger partial charge is 0.251 e. The van der Waals surface area contributed by atoms with Crippen molar-refractivity contribution in [3.05, 3.63) is 102 Å². The molecule has 1 amide bonds. The van der Waals surface area contributed by atoms with E-state index >= 15 is 0 Å². The lowest BCUT2D eigenvalue weighted by molar-refractivity contribution is 0.0954. The van der Waals surface area contributed by atoms with Crippen LogP contribution in [-0.2, 0) is 6.42 Å². The fourth-order valence-corrected chi connectivity index (χ4v) is 3.20. The minimum atomic E-state index is -0.145. The number of ether oxygens (including phenoxy) is 2. The summed E-state index contributed by atoms with van der Waals surface area (Å²) in [5.41, 5.74) is 3.36. The highest BCUT2D eigenvalue weighted by atomic mass is 16.5. The van der Waals surface area contributed by atoms with Crippen molar-refractivity contribution >= 4 is 5.91 Å². The first kappa shape index (κ1) is 21.1. The number of carbonyl (C=O) groups excluding carboxylic acids is 1. The summed E-state index contributed by atoms with van der Waals surface area (Å²) in [7, 11) is 1.63. The van der Waals surface area contributed by atoms with E-state index in [0.29, 0.717) is 23.7 Å². The summed E-state index contributed by atoms with van der Waals surface area (Å²) in [6.07, 6.45) is 2.23. The highest BCUT2D eigenvalue weighted by Gasteiger charge is 2.09. The van der Waals surface area contributed by atoms with Gasteiger partial charge in [0.25, 0.3) is 5.91 Å². The average Bonchev–Trinajstić information content (AvgIpc) is 2.85. The van der Waals surface area contributed by atoms with E-state index in [0.717, 1.165) is 23.4 Å². The molecule has 0 unspecified atom stereocenters. The summed E-state index contributed by atoms with van der Waals surface area (Å²) in [5, 5.41) is 2.95. The Morgan fingerprint density at radius 1 is 0.875 bits per heavy atom. The van der Waals surface area contributed by atoms with Crippen LogP contribution in [0.15, 0.2) is 91.3 Å². The molecule has 0 spiro atoms. The zero-order valence-electron chi connectivity index (χ0n) is 17.7. The van der Waals surface area contributed by atoms with E-state index in [9.17, 15) is 4.79 Å². The van der Waals surface area contributed by atoms with Crippen LogP contribution in [-0.4, -0.2) is 29.5 Å². The van der Waals surface area contributed by atoms with Crippen molar-refractivity contribution in [2.45, 2.75) is 6.42 Å². The normalized spacial score (nSPS) is 10.4. The Labute approximate surface area is 186 Å². The second-order valence-corrected chi connectivity index (χ2v) is 7.09. The topological polar surface area (TPSA) is 73.3 Å². The lowest BCUT2D eigenvalue weighted by atomic mass is 10.1. The van der Waals surface area contributed by atoms with Crippen molar-refractivity contribution in [1.82, 2.24) is 15.3 Å². The first-order valence-electron chi connectivity index (χ1n) is 10.3. The third-order valence-electron chi connectivity index (χ3n) is 4.89. The molecule has 0 radical (unpaired) electrons. The van der Waals surface area contributed by atoms with Crippen LogP contribution < -0.4 is 14.8 Å². The predicted molar refractivity (Wildman–Crippen MR) is 123 cm³/mol. The van der Waals surface area contributed by atoms with Gasteiger partial charge in [-0.05, 0) is 54.4 Å². The summed E-state index contributed by atoms with van der Waals surface area (Å²) >= 11 is 0. The molecular formula is C26H23N3O3. The second kappa shape index (κ2) is 10.2. The molecule has 6 nitrogen and oxygen atoms in total. The molecule has 1 N–H and O–H groups in total. The lowest BCUT2D eigenvalue weighted by Crippen LogP contribution is -2.25. The van der Waals surface area contributed by atoms with Crippen molar-refractivity contribution in [2.24, 2.45) is 0 Å². The number of nitrogens with one attached hydrogen (secondary N) is 1. The van der Waals surface area contributed by atoms with Gasteiger partial charge in [-0.2, -0.15) is 0 Å². The predicted octanol–water partition coefficient (Wildman–Crippen LogP) is 4.92. The zero-order valence-corrected chi connectivity index (χ0v) is 17.7. The van der Waals surface area contributed by atoms with Gasteiger partial charge in [0, 0.05) is 23.7 Å². The first-order chi connectivity index (χ1) is 15.7. The molecule has 0 atom stereocenters. The van der Waals surface area contributed by atoms with E-state index in [2.05, 4.69) is 15.3 Å². The van der Waals surface area contributed by atoms with E-state index < -0.39 is 0 Å². The highest BCUT2D eigenvalue weighted by molar-refractivity contribution is 5.94. The molecule has 6 heteroatoms. The Morgan fingerprint density at radius 2 is 1.69 bits per heavy atom. The Morgan fingerprint density at radius 3 is 2.47 bits per heavy atom. The molecule has 0 saturated heterocycles. The Balaban J connectivity index is 1.40. The summed E-state index contributed by atoms with van der Waals surface area (Å²) in [6.45, 7) is 0.561. The van der Waals surface area contributed by atoms with E-state index in [1.807, 2.05) is 54.6 Å². The Bertz CT molecular complexity index is 1180. The van der Waals surface area contributed by atoms with Gasteiger partial charge >= 0.3 is 0 Å². The van der Waals surface area contributed by atoms with Crippen LogP contribution in [0.2, 0.25) is 0 Å². The van der Waals surface area contributed by atoms with Gasteiger partial charge in [0.1, 0.15) is 17.8 Å². The number of aromatic nitrogens is 2. The maximum atomic E-state index is 12.5. The van der Waals surface area contributed by atoms with Crippen molar-refractivity contribution in [2.75, 3.05) is 13.7 Å². The standard InChI is InChI=1S/C26H23N3O3/c1-31-22-12-10-20(11-13-22)24-17-25(29-18-28-24)32-23-9-5-8-21(16-23)26(30)27-15-14-19-6-3-2-4-7-19/h2-13,16-18H,14-15H2,1H3,(H,27,30). The summed E-state index contributed by atoms with van der Waals surface area (Å²) in [6, 6.07) is 26.4. The largest absolute Gasteiger partial charge is 0.497 e. The second-order valence-electron chi connectivity index (χ2n) is 7.09. The van der Waals surface area contributed by atoms with Gasteiger partial charge in [0.15, 0.2) is 0 Å². The molecule has 0 aliphatic heterocycles. The van der Waals surface area contributed by atoms with E-state index in [-0.39, 0.29) is 5.91 Å². The fourth-order valence-electron chi connectivity index (χ4n) is 3.20. The number of nitrogens with zero attached hydrogens (tertiary/aromatic N) is 2. The third-order valence-corrected chi connectivity index (χ3v) is 4.89. The molecule has 160 valence electrons. The van der Waals surface area contributed by atoms with Crippen molar-refractivity contribution in [1.29, 1.82) is 0 Å². The van der Waals surface area contributed by atoms with Crippen molar-refractivity contribution in [3.63, 3.8) is 0 Å². The SMILES string of the molecule is COc1ccc(-c2cc(Oc3cccc(C(=O)NCCc4ccccc4)c3)ncn2)cc1. The van der Waals surface area contributed by atoms with Crippen LogP contribution in [0.25, 0.3) is 11.3 Å². The van der Waals surface area contributed by atoms with Gasteiger partial charge in [-0.25, -0.2) is 9.97 Å². The molecule has 4 aromatic rings. The number of benzene rings is 3. The van der Waals surface area contributed by atoms with E-state index in [4.69, 9.17) is 9.47 Å². The molecule has 3 aromatic carbocycles. The molecule has 32 heavy (non-hydrogen) atoms. The van der Waals surface area contributed by atoms with Gasteiger partial charge < -0.3 is 14.8 Å². The number of amides is 1. The number of hydrogen-bond acceptors (Lipinski definition) is 5. The molecule has 0 aliphatic carbocycles. The van der Waals surface area contributed by atoms with Crippen LogP contribution in [0, 0.1) is 0 Å². The van der Waals surface area contributed by atoms with E-state index in [1.54, 1.807) is 37.4 Å². The number of rotatable bonds is 8. The van der Waals surface area contributed by atoms with Gasteiger partial charge in [-0.1, -0.05) is 36.4 Å². The monoisotopic (exact) mass is 425 g/mol. The maximum Gasteiger partial charge on any atom is 0.251 e. The van der Waals surface area contributed by atoms with Crippen molar-refractivity contribution in [3.8, 4) is 28.6 Å². The summed E-state index contributed by atoms with van der Waals surface area (Å²) in [5.74, 6) is 1.55. The minimum absolute atomic E-state index is 0.145. The van der Waals surface area contributed by atoms with E-state index in [1.165, 1.54) is 11.9 Å². The first-order valence-corrected chi connectivity index (χ1v) is 10.3. The molecule has 4 rings (SSSR count). The number of hydrogen-bond donors (Lipinski definition) is 1. The van der Waals surface area contributed by atoms with Gasteiger partial charge in [0.05, 0.1) is 12.8 Å². The molecular weight excluding hydrogens is 402 g/mol. The minimum Gasteiger partial charge on any atom is -0.497 e. The van der Waals surface area contributed by atoms with Gasteiger partial charge in [-0.3, -0.25) is 4.79 Å². The average molecular weight is 425 g/mol. The molecule has 0 bridgehead atoms. The van der Waals surface area contributed by atoms with Crippen LogP contribution in [0.1, 0.15) is 15.9 Å². The summed E-state index contributed by atoms with van der Waals surface area (Å²) < 4.78 is 11.1. The molecule has 0 aliphatic rings. The molecule has 1 aromatic heterocycles. The molecule has 0 saturated carbocycles. The fraction of sp³-hybridized carbons (Fsp3) is 0.115.